The van der Waals surface area contributed by atoms with E-state index in [4.69, 9.17) is 10.5 Å². The Morgan fingerprint density at radius 2 is 1.95 bits per heavy atom. The van der Waals surface area contributed by atoms with Crippen molar-refractivity contribution in [3.05, 3.63) is 60.2 Å². The summed E-state index contributed by atoms with van der Waals surface area (Å²) < 4.78 is 7.68. The molecule has 2 N–H and O–H groups in total. The van der Waals surface area contributed by atoms with Crippen LogP contribution in [0.1, 0.15) is 11.4 Å². The summed E-state index contributed by atoms with van der Waals surface area (Å²) in [6, 6.07) is 11.8. The van der Waals surface area contributed by atoms with Crippen LogP contribution in [-0.4, -0.2) is 9.38 Å². The third-order valence-electron chi connectivity index (χ3n) is 3.02. The number of ether oxygens (including phenoxy) is 1. The molecule has 0 amide bonds. The number of aryl methyl sites for hydroxylation is 1. The van der Waals surface area contributed by atoms with Gasteiger partial charge in [0.25, 0.3) is 0 Å². The van der Waals surface area contributed by atoms with Crippen LogP contribution in [0.3, 0.4) is 0 Å². The van der Waals surface area contributed by atoms with Crippen LogP contribution in [0, 0.1) is 6.92 Å². The van der Waals surface area contributed by atoms with E-state index in [2.05, 4.69) is 11.9 Å². The molecular formula is C15H15N3O. The second kappa shape index (κ2) is 4.65. The Hall–Kier alpha value is -2.49. The van der Waals surface area contributed by atoms with Gasteiger partial charge in [0.05, 0.1) is 11.7 Å². The molecule has 0 aliphatic rings. The van der Waals surface area contributed by atoms with E-state index in [9.17, 15) is 0 Å². The molecule has 1 aromatic carbocycles. The first-order valence-corrected chi connectivity index (χ1v) is 6.13. The number of aromatic nitrogens is 2. The van der Waals surface area contributed by atoms with Crippen LogP contribution < -0.4 is 10.5 Å². The monoisotopic (exact) mass is 253 g/mol. The first-order chi connectivity index (χ1) is 9.22. The van der Waals surface area contributed by atoms with Crippen molar-refractivity contribution in [1.82, 2.24) is 9.38 Å². The molecule has 96 valence electrons. The lowest BCUT2D eigenvalue weighted by atomic mass is 10.2. The summed E-state index contributed by atoms with van der Waals surface area (Å²) in [6.07, 6.45) is 3.67. The lowest BCUT2D eigenvalue weighted by Gasteiger charge is -2.06. The van der Waals surface area contributed by atoms with E-state index in [0.29, 0.717) is 12.3 Å². The molecule has 0 saturated carbocycles. The van der Waals surface area contributed by atoms with E-state index in [1.165, 1.54) is 5.56 Å². The molecule has 0 radical (unpaired) electrons. The molecule has 0 atom stereocenters. The first-order valence-electron chi connectivity index (χ1n) is 6.13. The molecule has 0 aliphatic heterocycles. The number of hydrogen-bond acceptors (Lipinski definition) is 3. The van der Waals surface area contributed by atoms with Gasteiger partial charge in [0.2, 0.25) is 0 Å². The number of pyridine rings is 1. The second-order valence-electron chi connectivity index (χ2n) is 4.53. The van der Waals surface area contributed by atoms with Crippen molar-refractivity contribution >= 4 is 11.2 Å². The Balaban J connectivity index is 1.81. The van der Waals surface area contributed by atoms with Crippen LogP contribution in [0.2, 0.25) is 0 Å². The third kappa shape index (κ3) is 2.38. The summed E-state index contributed by atoms with van der Waals surface area (Å²) in [4.78, 5) is 4.35. The van der Waals surface area contributed by atoms with Gasteiger partial charge in [0, 0.05) is 11.9 Å². The minimum absolute atomic E-state index is 0.417. The lowest BCUT2D eigenvalue weighted by Crippen LogP contribution is -2.02. The molecule has 0 spiro atoms. The third-order valence-corrected chi connectivity index (χ3v) is 3.02. The standard InChI is InChI=1S/C15H15N3O/c1-11-2-6-14(7-3-11)19-10-15-17-8-13-5-4-12(16)9-18(13)15/h2-9H,10,16H2,1H3. The highest BCUT2D eigenvalue weighted by molar-refractivity contribution is 5.52. The van der Waals surface area contributed by atoms with Gasteiger partial charge in [0.15, 0.2) is 5.82 Å². The summed E-state index contributed by atoms with van der Waals surface area (Å²) in [5.74, 6) is 1.68. The minimum Gasteiger partial charge on any atom is -0.486 e. The first kappa shape index (κ1) is 11.6. The number of nitrogens with two attached hydrogens (primary N) is 1. The number of imidazole rings is 1. The van der Waals surface area contributed by atoms with E-state index < -0.39 is 0 Å². The van der Waals surface area contributed by atoms with Crippen LogP contribution in [-0.2, 0) is 6.61 Å². The van der Waals surface area contributed by atoms with Crippen molar-refractivity contribution in [2.24, 2.45) is 0 Å². The van der Waals surface area contributed by atoms with Crippen molar-refractivity contribution in [1.29, 1.82) is 0 Å². The SMILES string of the molecule is Cc1ccc(OCc2ncc3ccc(N)cn23)cc1. The summed E-state index contributed by atoms with van der Waals surface area (Å²) in [5, 5.41) is 0. The summed E-state index contributed by atoms with van der Waals surface area (Å²) in [5.41, 5.74) is 8.72. The number of benzene rings is 1. The number of nitrogens with zero attached hydrogens (tertiary/aromatic N) is 2. The van der Waals surface area contributed by atoms with Crippen molar-refractivity contribution < 1.29 is 4.74 Å². The van der Waals surface area contributed by atoms with Crippen LogP contribution >= 0.6 is 0 Å². The Morgan fingerprint density at radius 1 is 1.16 bits per heavy atom. The molecular weight excluding hydrogens is 238 g/mol. The second-order valence-corrected chi connectivity index (χ2v) is 4.53. The molecule has 3 rings (SSSR count). The molecule has 0 unspecified atom stereocenters. The van der Waals surface area contributed by atoms with Gasteiger partial charge >= 0.3 is 0 Å². The van der Waals surface area contributed by atoms with Crippen LogP contribution in [0.25, 0.3) is 5.52 Å². The van der Waals surface area contributed by atoms with Gasteiger partial charge in [-0.2, -0.15) is 0 Å². The van der Waals surface area contributed by atoms with Crippen LogP contribution in [0.15, 0.2) is 48.8 Å². The van der Waals surface area contributed by atoms with Gasteiger partial charge in [-0.15, -0.1) is 0 Å². The van der Waals surface area contributed by atoms with Crippen LogP contribution in [0.4, 0.5) is 5.69 Å². The molecule has 4 heteroatoms. The number of nitrogen functional groups attached to an aromatic ring is 1. The molecule has 0 aliphatic carbocycles. The number of fused-ring (bicyclic) bond motifs is 1. The van der Waals surface area contributed by atoms with Crippen molar-refractivity contribution in [2.45, 2.75) is 13.5 Å². The highest BCUT2D eigenvalue weighted by Gasteiger charge is 2.04. The van der Waals surface area contributed by atoms with Gasteiger partial charge in [-0.05, 0) is 31.2 Å². The van der Waals surface area contributed by atoms with Crippen LogP contribution in [0.5, 0.6) is 5.75 Å². The Morgan fingerprint density at radius 3 is 2.74 bits per heavy atom. The number of hydrogen-bond donors (Lipinski definition) is 1. The van der Waals surface area contributed by atoms with E-state index >= 15 is 0 Å². The van der Waals surface area contributed by atoms with E-state index in [-0.39, 0.29) is 0 Å². The molecule has 0 saturated heterocycles. The summed E-state index contributed by atoms with van der Waals surface area (Å²) >= 11 is 0. The lowest BCUT2D eigenvalue weighted by molar-refractivity contribution is 0.295. The van der Waals surface area contributed by atoms with Crippen molar-refractivity contribution in [2.75, 3.05) is 5.73 Å². The van der Waals surface area contributed by atoms with E-state index in [1.807, 2.05) is 53.2 Å². The molecule has 19 heavy (non-hydrogen) atoms. The topological polar surface area (TPSA) is 52.5 Å². The maximum Gasteiger partial charge on any atom is 0.151 e. The maximum absolute atomic E-state index is 5.79. The molecule has 2 aromatic heterocycles. The minimum atomic E-state index is 0.417. The summed E-state index contributed by atoms with van der Waals surface area (Å²) in [6.45, 7) is 2.47. The average molecular weight is 253 g/mol. The Bertz CT molecular complexity index is 701. The fourth-order valence-corrected chi connectivity index (χ4v) is 1.95. The summed E-state index contributed by atoms with van der Waals surface area (Å²) in [7, 11) is 0. The average Bonchev–Trinajstić information content (AvgIpc) is 2.80. The van der Waals surface area contributed by atoms with Crippen molar-refractivity contribution in [3.63, 3.8) is 0 Å². The van der Waals surface area contributed by atoms with E-state index in [1.54, 1.807) is 0 Å². The zero-order valence-electron chi connectivity index (χ0n) is 10.7. The smallest absolute Gasteiger partial charge is 0.151 e. The fourth-order valence-electron chi connectivity index (χ4n) is 1.95. The molecule has 3 aromatic rings. The van der Waals surface area contributed by atoms with Gasteiger partial charge in [0.1, 0.15) is 12.4 Å². The Kier molecular flexibility index (Phi) is 2.83. The van der Waals surface area contributed by atoms with E-state index in [0.717, 1.165) is 17.1 Å². The molecule has 2 heterocycles. The highest BCUT2D eigenvalue weighted by Crippen LogP contribution is 2.15. The quantitative estimate of drug-likeness (QED) is 0.781. The van der Waals surface area contributed by atoms with Gasteiger partial charge in [-0.3, -0.25) is 4.40 Å². The predicted molar refractivity (Wildman–Crippen MR) is 75.1 cm³/mol. The largest absolute Gasteiger partial charge is 0.486 e. The normalized spacial score (nSPS) is 10.8. The highest BCUT2D eigenvalue weighted by atomic mass is 16.5. The van der Waals surface area contributed by atoms with Gasteiger partial charge in [-0.1, -0.05) is 17.7 Å². The fraction of sp³-hybridized carbons (Fsp3) is 0.133. The Labute approximate surface area is 111 Å². The zero-order valence-corrected chi connectivity index (χ0v) is 10.7. The number of anilines is 1. The molecule has 4 nitrogen and oxygen atoms in total. The zero-order chi connectivity index (χ0) is 13.2. The molecule has 0 fully saturated rings. The van der Waals surface area contributed by atoms with Gasteiger partial charge < -0.3 is 10.5 Å². The predicted octanol–water partition coefficient (Wildman–Crippen LogP) is 2.80. The van der Waals surface area contributed by atoms with Crippen molar-refractivity contribution in [3.8, 4) is 5.75 Å². The number of rotatable bonds is 3. The molecule has 0 bridgehead atoms. The van der Waals surface area contributed by atoms with Gasteiger partial charge in [-0.25, -0.2) is 4.98 Å². The maximum atomic E-state index is 5.79.